The smallest absolute Gasteiger partial charge is 0.312 e. The fourth-order valence-electron chi connectivity index (χ4n) is 4.06. The highest BCUT2D eigenvalue weighted by molar-refractivity contribution is 7.88. The van der Waals surface area contributed by atoms with Crippen LogP contribution < -0.4 is 4.90 Å². The zero-order chi connectivity index (χ0) is 22.2. The first-order valence-corrected chi connectivity index (χ1v) is 11.5. The van der Waals surface area contributed by atoms with Crippen molar-refractivity contribution in [3.05, 3.63) is 65.7 Å². The van der Waals surface area contributed by atoms with Gasteiger partial charge in [0.1, 0.15) is 18.2 Å². The van der Waals surface area contributed by atoms with Crippen molar-refractivity contribution in [1.82, 2.24) is 9.21 Å². The summed E-state index contributed by atoms with van der Waals surface area (Å²) >= 11 is 0. The summed E-state index contributed by atoms with van der Waals surface area (Å²) in [5, 5.41) is 0. The van der Waals surface area contributed by atoms with Crippen molar-refractivity contribution in [3.63, 3.8) is 0 Å². The van der Waals surface area contributed by atoms with Crippen LogP contribution in [0.1, 0.15) is 18.4 Å². The molecule has 0 atom stereocenters. The molecular formula is C21H21F2N3O4S. The number of para-hydroxylation sites is 1. The standard InChI is InChI=1S/C21H21F2N3O4S/c22-16-10-15(11-17(23)12-16)14-31(29,30)24-8-6-18(7-9-24)25-13-20(27)26(21(25)28)19-4-2-1-3-5-19/h1-5,10-12,18H,6-9,13-14H2. The molecule has 0 bridgehead atoms. The number of amides is 3. The van der Waals surface area contributed by atoms with Crippen molar-refractivity contribution < 1.29 is 26.8 Å². The first kappa shape index (κ1) is 21.4. The van der Waals surface area contributed by atoms with Crippen LogP contribution in [0, 0.1) is 11.6 Å². The minimum atomic E-state index is -3.78. The van der Waals surface area contributed by atoms with E-state index in [1.165, 1.54) is 9.21 Å². The summed E-state index contributed by atoms with van der Waals surface area (Å²) in [6.07, 6.45) is 0.747. The molecule has 0 spiro atoms. The van der Waals surface area contributed by atoms with E-state index in [1.54, 1.807) is 30.3 Å². The normalized spacial score (nSPS) is 18.8. The lowest BCUT2D eigenvalue weighted by Crippen LogP contribution is -2.48. The number of rotatable bonds is 5. The van der Waals surface area contributed by atoms with E-state index in [0.29, 0.717) is 24.6 Å². The van der Waals surface area contributed by atoms with Gasteiger partial charge in [0, 0.05) is 25.2 Å². The highest BCUT2D eigenvalue weighted by Gasteiger charge is 2.42. The third-order valence-electron chi connectivity index (χ3n) is 5.54. The van der Waals surface area contributed by atoms with E-state index in [1.807, 2.05) is 0 Å². The Hall–Kier alpha value is -2.85. The molecule has 0 unspecified atom stereocenters. The van der Waals surface area contributed by atoms with Crippen molar-refractivity contribution in [2.75, 3.05) is 24.5 Å². The van der Waals surface area contributed by atoms with Crippen molar-refractivity contribution in [3.8, 4) is 0 Å². The fourth-order valence-corrected chi connectivity index (χ4v) is 5.60. The molecule has 3 amide bonds. The number of hydrogen-bond acceptors (Lipinski definition) is 4. The van der Waals surface area contributed by atoms with Crippen molar-refractivity contribution in [2.24, 2.45) is 0 Å². The van der Waals surface area contributed by atoms with E-state index in [9.17, 15) is 26.8 Å². The zero-order valence-electron chi connectivity index (χ0n) is 16.6. The summed E-state index contributed by atoms with van der Waals surface area (Å²) < 4.78 is 53.4. The lowest BCUT2D eigenvalue weighted by atomic mass is 10.1. The minimum Gasteiger partial charge on any atom is -0.312 e. The quantitative estimate of drug-likeness (QED) is 0.658. The van der Waals surface area contributed by atoms with Crippen molar-refractivity contribution in [1.29, 1.82) is 0 Å². The molecule has 4 rings (SSSR count). The summed E-state index contributed by atoms with van der Waals surface area (Å²) in [6, 6.07) is 10.7. The molecule has 2 aromatic rings. The number of piperidine rings is 1. The first-order valence-electron chi connectivity index (χ1n) is 9.86. The van der Waals surface area contributed by atoms with Crippen LogP contribution in [0.2, 0.25) is 0 Å². The van der Waals surface area contributed by atoms with Gasteiger partial charge in [-0.2, -0.15) is 0 Å². The van der Waals surface area contributed by atoms with Crippen LogP contribution in [-0.4, -0.2) is 55.2 Å². The molecule has 2 aromatic carbocycles. The van der Waals surface area contributed by atoms with Gasteiger partial charge in [-0.15, -0.1) is 0 Å². The molecule has 0 aromatic heterocycles. The van der Waals surface area contributed by atoms with Crippen molar-refractivity contribution in [2.45, 2.75) is 24.6 Å². The number of hydrogen-bond donors (Lipinski definition) is 0. The van der Waals surface area contributed by atoms with E-state index in [-0.39, 0.29) is 37.1 Å². The monoisotopic (exact) mass is 449 g/mol. The number of anilines is 1. The van der Waals surface area contributed by atoms with E-state index < -0.39 is 33.4 Å². The van der Waals surface area contributed by atoms with Gasteiger partial charge in [-0.1, -0.05) is 18.2 Å². The average Bonchev–Trinajstić information content (AvgIpc) is 3.01. The predicted octanol–water partition coefficient (Wildman–Crippen LogP) is 2.73. The number of carbonyl (C=O) groups excluding carboxylic acids is 2. The molecule has 2 aliphatic rings. The largest absolute Gasteiger partial charge is 0.332 e. The first-order chi connectivity index (χ1) is 14.7. The summed E-state index contributed by atoms with van der Waals surface area (Å²) in [4.78, 5) is 27.9. The topological polar surface area (TPSA) is 78.0 Å². The number of imide groups is 1. The number of carbonyl (C=O) groups is 2. The van der Waals surface area contributed by atoms with Gasteiger partial charge < -0.3 is 4.90 Å². The Kier molecular flexibility index (Phi) is 5.76. The molecule has 10 heteroatoms. The van der Waals surface area contributed by atoms with E-state index in [0.717, 1.165) is 17.0 Å². The van der Waals surface area contributed by atoms with Gasteiger partial charge in [0.15, 0.2) is 0 Å². The maximum Gasteiger partial charge on any atom is 0.332 e. The van der Waals surface area contributed by atoms with E-state index >= 15 is 0 Å². The van der Waals surface area contributed by atoms with Crippen LogP contribution in [0.3, 0.4) is 0 Å². The Labute approximate surface area is 178 Å². The van der Waals surface area contributed by atoms with Gasteiger partial charge in [0.2, 0.25) is 10.0 Å². The number of halogens is 2. The zero-order valence-corrected chi connectivity index (χ0v) is 17.4. The highest BCUT2D eigenvalue weighted by atomic mass is 32.2. The van der Waals surface area contributed by atoms with Crippen LogP contribution in [0.4, 0.5) is 19.3 Å². The third kappa shape index (κ3) is 4.45. The molecule has 0 N–H and O–H groups in total. The lowest BCUT2D eigenvalue weighted by molar-refractivity contribution is -0.116. The Balaban J connectivity index is 1.40. The second kappa shape index (κ2) is 8.35. The summed E-state index contributed by atoms with van der Waals surface area (Å²) in [7, 11) is -3.78. The van der Waals surface area contributed by atoms with Gasteiger partial charge in [-0.25, -0.2) is 31.2 Å². The molecule has 0 saturated carbocycles. The molecule has 7 nitrogen and oxygen atoms in total. The van der Waals surface area contributed by atoms with Crippen LogP contribution in [0.15, 0.2) is 48.5 Å². The van der Waals surface area contributed by atoms with Crippen molar-refractivity contribution >= 4 is 27.6 Å². The minimum absolute atomic E-state index is 0.0402. The predicted molar refractivity (Wildman–Crippen MR) is 110 cm³/mol. The fraction of sp³-hybridized carbons (Fsp3) is 0.333. The maximum absolute atomic E-state index is 13.4. The summed E-state index contributed by atoms with van der Waals surface area (Å²) in [6.45, 7) is 0.274. The number of nitrogens with zero attached hydrogens (tertiary/aromatic N) is 3. The van der Waals surface area contributed by atoms with Gasteiger partial charge in [0.25, 0.3) is 5.91 Å². The molecule has 2 heterocycles. The summed E-state index contributed by atoms with van der Waals surface area (Å²) in [5.74, 6) is -2.48. The molecule has 2 fully saturated rings. The lowest BCUT2D eigenvalue weighted by Gasteiger charge is -2.35. The van der Waals surface area contributed by atoms with Crippen LogP contribution >= 0.6 is 0 Å². The third-order valence-corrected chi connectivity index (χ3v) is 7.39. The van der Waals surface area contributed by atoms with E-state index in [2.05, 4.69) is 0 Å². The van der Waals surface area contributed by atoms with Gasteiger partial charge in [-0.05, 0) is 42.7 Å². The number of urea groups is 1. The van der Waals surface area contributed by atoms with E-state index in [4.69, 9.17) is 0 Å². The van der Waals surface area contributed by atoms with Crippen LogP contribution in [-0.2, 0) is 20.6 Å². The molecule has 2 aliphatic heterocycles. The van der Waals surface area contributed by atoms with Gasteiger partial charge >= 0.3 is 6.03 Å². The van der Waals surface area contributed by atoms with Crippen LogP contribution in [0.5, 0.6) is 0 Å². The summed E-state index contributed by atoms with van der Waals surface area (Å²) in [5.41, 5.74) is 0.542. The molecule has 2 saturated heterocycles. The molecule has 0 aliphatic carbocycles. The molecule has 0 radical (unpaired) electrons. The average molecular weight is 449 g/mol. The molecular weight excluding hydrogens is 428 g/mol. The Morgan fingerprint density at radius 1 is 0.935 bits per heavy atom. The Morgan fingerprint density at radius 3 is 2.16 bits per heavy atom. The Bertz CT molecular complexity index is 1080. The SMILES string of the molecule is O=C1CN(C2CCN(S(=O)(=O)Cc3cc(F)cc(F)c3)CC2)C(=O)N1c1ccccc1. The number of benzene rings is 2. The number of sulfonamides is 1. The maximum atomic E-state index is 13.4. The second-order valence-electron chi connectivity index (χ2n) is 7.64. The van der Waals surface area contributed by atoms with Crippen LogP contribution in [0.25, 0.3) is 0 Å². The van der Waals surface area contributed by atoms with Gasteiger partial charge in [0.05, 0.1) is 11.4 Å². The second-order valence-corrected chi connectivity index (χ2v) is 9.61. The van der Waals surface area contributed by atoms with Gasteiger partial charge in [-0.3, -0.25) is 4.79 Å². The highest BCUT2D eigenvalue weighted by Crippen LogP contribution is 2.27. The molecule has 31 heavy (non-hydrogen) atoms. The molecule has 164 valence electrons. The Morgan fingerprint density at radius 2 is 1.55 bits per heavy atom.